The molecule has 0 N–H and O–H groups in total. The minimum Gasteiger partial charge on any atom is -0.452 e. The van der Waals surface area contributed by atoms with E-state index in [4.69, 9.17) is 4.74 Å². The first-order valence-corrected chi connectivity index (χ1v) is 12.7. The van der Waals surface area contributed by atoms with Crippen molar-refractivity contribution in [3.63, 3.8) is 0 Å². The molecule has 1 saturated heterocycles. The molecule has 6 nitrogen and oxygen atoms in total. The summed E-state index contributed by atoms with van der Waals surface area (Å²) < 4.78 is 29.0. The Kier molecular flexibility index (Phi) is 6.49. The fraction of sp³-hybridized carbons (Fsp3) is 0.700. The van der Waals surface area contributed by atoms with Gasteiger partial charge < -0.3 is 9.64 Å². The molecule has 1 fully saturated rings. The quantitative estimate of drug-likeness (QED) is 0.652. The second-order valence-corrected chi connectivity index (χ2v) is 11.3. The third kappa shape index (κ3) is 4.59. The summed E-state index contributed by atoms with van der Waals surface area (Å²) in [5.74, 6) is -0.0425. The smallest absolute Gasteiger partial charge is 0.339 e. The number of hydrogen-bond donors (Lipinski definition) is 0. The molecule has 0 unspecified atom stereocenters. The van der Waals surface area contributed by atoms with Crippen LogP contribution in [-0.2, 0) is 32.2 Å². The van der Waals surface area contributed by atoms with Crippen LogP contribution >= 0.6 is 11.3 Å². The van der Waals surface area contributed by atoms with Gasteiger partial charge in [-0.25, -0.2) is 13.2 Å². The standard InChI is InChI=1S/C20H29NO5S2/c1-4-14(3)21(15-7-8-28(24,25)12-15)19(22)10-26-20(23)17-11-27-18-9-13(2)5-6-16(17)18/h11,13-15H,4-10,12H2,1-3H3/t13-,14+,15-/m0/s1. The fourth-order valence-corrected chi connectivity index (χ4v) is 7.07. The van der Waals surface area contributed by atoms with E-state index in [-0.39, 0.29) is 36.1 Å². The normalized spacial score (nSPS) is 24.4. The van der Waals surface area contributed by atoms with Crippen molar-refractivity contribution in [1.82, 2.24) is 4.90 Å². The molecule has 2 aliphatic rings. The second kappa shape index (κ2) is 8.53. The molecule has 3 atom stereocenters. The molecule has 0 bridgehead atoms. The summed E-state index contributed by atoms with van der Waals surface area (Å²) in [6, 6.07) is -0.429. The van der Waals surface area contributed by atoms with Crippen molar-refractivity contribution in [1.29, 1.82) is 0 Å². The van der Waals surface area contributed by atoms with Gasteiger partial charge in [-0.05, 0) is 50.5 Å². The van der Waals surface area contributed by atoms with Crippen molar-refractivity contribution >= 4 is 33.1 Å². The fourth-order valence-electron chi connectivity index (χ4n) is 4.13. The number of amides is 1. The molecule has 8 heteroatoms. The zero-order valence-electron chi connectivity index (χ0n) is 16.8. The van der Waals surface area contributed by atoms with Gasteiger partial charge in [-0.3, -0.25) is 4.79 Å². The Hall–Kier alpha value is -1.41. The van der Waals surface area contributed by atoms with Crippen molar-refractivity contribution < 1.29 is 22.7 Å². The monoisotopic (exact) mass is 427 g/mol. The summed E-state index contributed by atoms with van der Waals surface area (Å²) in [5, 5.41) is 1.84. The number of ether oxygens (including phenoxy) is 1. The number of esters is 1. The number of nitrogens with zero attached hydrogens (tertiary/aromatic N) is 1. The van der Waals surface area contributed by atoms with Crippen LogP contribution in [0.2, 0.25) is 0 Å². The number of carbonyl (C=O) groups excluding carboxylic acids is 2. The predicted octanol–water partition coefficient (Wildman–Crippen LogP) is 2.84. The maximum Gasteiger partial charge on any atom is 0.339 e. The number of carbonyl (C=O) groups is 2. The molecule has 1 aliphatic heterocycles. The highest BCUT2D eigenvalue weighted by Crippen LogP contribution is 2.33. The van der Waals surface area contributed by atoms with Gasteiger partial charge in [0.25, 0.3) is 5.91 Å². The topological polar surface area (TPSA) is 80.8 Å². The van der Waals surface area contributed by atoms with Gasteiger partial charge in [-0.1, -0.05) is 13.8 Å². The molecule has 1 amide bonds. The van der Waals surface area contributed by atoms with Crippen LogP contribution in [-0.4, -0.2) is 55.4 Å². The number of thiophene rings is 1. The number of fused-ring (bicyclic) bond motifs is 1. The zero-order valence-corrected chi connectivity index (χ0v) is 18.4. The molecule has 1 aromatic rings. The lowest BCUT2D eigenvalue weighted by molar-refractivity contribution is -0.138. The lowest BCUT2D eigenvalue weighted by atomic mass is 9.88. The van der Waals surface area contributed by atoms with Gasteiger partial charge in [-0.2, -0.15) is 0 Å². The average molecular weight is 428 g/mol. The minimum atomic E-state index is -3.10. The van der Waals surface area contributed by atoms with Gasteiger partial charge in [0.1, 0.15) is 0 Å². The zero-order chi connectivity index (χ0) is 20.5. The van der Waals surface area contributed by atoms with E-state index >= 15 is 0 Å². The Morgan fingerprint density at radius 3 is 2.75 bits per heavy atom. The van der Waals surface area contributed by atoms with Crippen LogP contribution in [0.3, 0.4) is 0 Å². The van der Waals surface area contributed by atoms with Crippen molar-refractivity contribution in [3.8, 4) is 0 Å². The van der Waals surface area contributed by atoms with Crippen LogP contribution in [0.5, 0.6) is 0 Å². The Morgan fingerprint density at radius 2 is 2.11 bits per heavy atom. The van der Waals surface area contributed by atoms with Crippen LogP contribution in [0.1, 0.15) is 60.8 Å². The van der Waals surface area contributed by atoms with Gasteiger partial charge in [-0.15, -0.1) is 11.3 Å². The maximum atomic E-state index is 12.8. The van der Waals surface area contributed by atoms with Crippen LogP contribution in [0, 0.1) is 5.92 Å². The number of sulfone groups is 1. The molecule has 28 heavy (non-hydrogen) atoms. The molecule has 3 rings (SSSR count). The van der Waals surface area contributed by atoms with E-state index in [9.17, 15) is 18.0 Å². The lowest BCUT2D eigenvalue weighted by Gasteiger charge is -2.33. The lowest BCUT2D eigenvalue weighted by Crippen LogP contribution is -2.48. The van der Waals surface area contributed by atoms with Crippen LogP contribution in [0.15, 0.2) is 5.38 Å². The highest BCUT2D eigenvalue weighted by atomic mass is 32.2. The van der Waals surface area contributed by atoms with Gasteiger partial charge >= 0.3 is 5.97 Å². The van der Waals surface area contributed by atoms with Gasteiger partial charge in [0.15, 0.2) is 16.4 Å². The second-order valence-electron chi connectivity index (χ2n) is 8.09. The average Bonchev–Trinajstić information content (AvgIpc) is 3.22. The van der Waals surface area contributed by atoms with E-state index in [2.05, 4.69) is 6.92 Å². The highest BCUT2D eigenvalue weighted by Gasteiger charge is 2.37. The number of hydrogen-bond acceptors (Lipinski definition) is 6. The van der Waals surface area contributed by atoms with Crippen molar-refractivity contribution in [2.45, 2.75) is 65.0 Å². The third-order valence-electron chi connectivity index (χ3n) is 5.90. The summed E-state index contributed by atoms with van der Waals surface area (Å²) in [6.45, 7) is 5.73. The summed E-state index contributed by atoms with van der Waals surface area (Å²) in [6.07, 6.45) is 4.08. The summed E-state index contributed by atoms with van der Waals surface area (Å²) in [7, 11) is -3.10. The Labute approximate surface area is 171 Å². The van der Waals surface area contributed by atoms with Crippen molar-refractivity contribution in [3.05, 3.63) is 21.4 Å². The van der Waals surface area contributed by atoms with Crippen LogP contribution < -0.4 is 0 Å². The van der Waals surface area contributed by atoms with Crippen molar-refractivity contribution in [2.24, 2.45) is 5.92 Å². The Balaban J connectivity index is 1.65. The number of rotatable bonds is 6. The molecule has 0 aromatic carbocycles. The summed E-state index contributed by atoms with van der Waals surface area (Å²) in [4.78, 5) is 28.2. The molecule has 0 radical (unpaired) electrons. The van der Waals surface area contributed by atoms with Gasteiger partial charge in [0, 0.05) is 22.3 Å². The first-order valence-electron chi connectivity index (χ1n) is 9.99. The van der Waals surface area contributed by atoms with E-state index in [1.54, 1.807) is 16.2 Å². The third-order valence-corrected chi connectivity index (χ3v) is 8.71. The SMILES string of the molecule is CC[C@@H](C)N(C(=O)COC(=O)c1csc2c1CC[C@H](C)C2)[C@H]1CCS(=O)(=O)C1. The molecule has 156 valence electrons. The van der Waals surface area contributed by atoms with E-state index in [0.29, 0.717) is 24.3 Å². The van der Waals surface area contributed by atoms with Crippen molar-refractivity contribution in [2.75, 3.05) is 18.1 Å². The molecule has 1 aliphatic carbocycles. The first-order chi connectivity index (χ1) is 13.2. The highest BCUT2D eigenvalue weighted by molar-refractivity contribution is 7.91. The molecule has 0 saturated carbocycles. The van der Waals surface area contributed by atoms with E-state index < -0.39 is 15.8 Å². The Bertz CT molecular complexity index is 845. The minimum absolute atomic E-state index is 0.00670. The molecule has 0 spiro atoms. The molecular weight excluding hydrogens is 398 g/mol. The van der Waals surface area contributed by atoms with Crippen LogP contribution in [0.4, 0.5) is 0 Å². The summed E-state index contributed by atoms with van der Waals surface area (Å²) in [5.41, 5.74) is 1.65. The van der Waals surface area contributed by atoms with E-state index in [1.807, 2.05) is 19.2 Å². The van der Waals surface area contributed by atoms with Gasteiger partial charge in [0.05, 0.1) is 17.1 Å². The molecule has 1 aromatic heterocycles. The summed E-state index contributed by atoms with van der Waals surface area (Å²) >= 11 is 1.59. The predicted molar refractivity (Wildman–Crippen MR) is 109 cm³/mol. The van der Waals surface area contributed by atoms with Crippen LogP contribution in [0.25, 0.3) is 0 Å². The molecule has 2 heterocycles. The van der Waals surface area contributed by atoms with E-state index in [0.717, 1.165) is 24.8 Å². The molecular formula is C20H29NO5S2. The first kappa shape index (κ1) is 21.3. The maximum absolute atomic E-state index is 12.8. The van der Waals surface area contributed by atoms with Gasteiger partial charge in [0.2, 0.25) is 0 Å². The Morgan fingerprint density at radius 1 is 1.36 bits per heavy atom. The van der Waals surface area contributed by atoms with E-state index in [1.165, 1.54) is 4.88 Å². The largest absolute Gasteiger partial charge is 0.452 e.